The number of Topliss-reactive ketones (excluding diaryl/α,β-unsaturated/α-hetero) is 1. The third kappa shape index (κ3) is 15.5. The molecule has 23 heavy (non-hydrogen) atoms. The first-order valence-corrected chi connectivity index (χ1v) is 9.50. The van der Waals surface area contributed by atoms with Crippen LogP contribution < -0.4 is 0 Å². The molecule has 0 fully saturated rings. The molecule has 0 aliphatic carbocycles. The van der Waals surface area contributed by atoms with Crippen molar-refractivity contribution in [2.75, 3.05) is 0 Å². The second kappa shape index (κ2) is 15.8. The molecule has 0 aliphatic heterocycles. The van der Waals surface area contributed by atoms with Gasteiger partial charge in [-0.05, 0) is 12.8 Å². The monoisotopic (exact) mass is 324 g/mol. The number of ketones is 1. The van der Waals surface area contributed by atoms with Crippen molar-refractivity contribution < 1.29 is 14.7 Å². The van der Waals surface area contributed by atoms with Gasteiger partial charge in [0.1, 0.15) is 5.78 Å². The maximum absolute atomic E-state index is 11.6. The zero-order chi connectivity index (χ0) is 17.3. The fourth-order valence-corrected chi connectivity index (χ4v) is 2.69. The first kappa shape index (κ1) is 21.9. The summed E-state index contributed by atoms with van der Waals surface area (Å²) in [5.74, 6) is -0.831. The molecule has 0 bridgehead atoms. The van der Waals surface area contributed by atoms with Crippen LogP contribution in [0.5, 0.6) is 0 Å². The van der Waals surface area contributed by atoms with Crippen LogP contribution >= 0.6 is 0 Å². The molecule has 3 nitrogen and oxygen atoms in total. The van der Waals surface area contributed by atoms with Gasteiger partial charge in [0.05, 0.1) is 0 Å². The normalized spacial score (nSPS) is 10.7. The highest BCUT2D eigenvalue weighted by atomic mass is 16.4. The van der Waals surface area contributed by atoms with Crippen molar-refractivity contribution in [2.45, 2.75) is 103 Å². The molecule has 1 N–H and O–H groups in total. The minimum atomic E-state index is -0.997. The third-order valence-corrected chi connectivity index (χ3v) is 4.32. The largest absolute Gasteiger partial charge is 0.478 e. The molecule has 0 saturated heterocycles. The van der Waals surface area contributed by atoms with E-state index in [1.165, 1.54) is 64.2 Å². The number of carbonyl (C=O) groups excluding carboxylic acids is 1. The number of carbonyl (C=O) groups is 2. The first-order chi connectivity index (χ1) is 11.1. The maximum Gasteiger partial charge on any atom is 0.330 e. The smallest absolute Gasteiger partial charge is 0.330 e. The molecule has 0 unspecified atom stereocenters. The van der Waals surface area contributed by atoms with E-state index in [1.807, 2.05) is 0 Å². The van der Waals surface area contributed by atoms with Crippen molar-refractivity contribution in [3.8, 4) is 0 Å². The van der Waals surface area contributed by atoms with Gasteiger partial charge in [-0.2, -0.15) is 0 Å². The van der Waals surface area contributed by atoms with Crippen LogP contribution in [-0.2, 0) is 9.59 Å². The van der Waals surface area contributed by atoms with E-state index < -0.39 is 5.97 Å². The fourth-order valence-electron chi connectivity index (χ4n) is 2.69. The number of rotatable bonds is 17. The Bertz CT molecular complexity index is 334. The van der Waals surface area contributed by atoms with Gasteiger partial charge in [-0.15, -0.1) is 0 Å². The van der Waals surface area contributed by atoms with Crippen LogP contribution in [0.4, 0.5) is 0 Å². The third-order valence-electron chi connectivity index (χ3n) is 4.32. The quantitative estimate of drug-likeness (QED) is 0.261. The van der Waals surface area contributed by atoms with Crippen molar-refractivity contribution >= 4 is 11.8 Å². The van der Waals surface area contributed by atoms with Crippen LogP contribution in [0, 0.1) is 0 Å². The second-order valence-electron chi connectivity index (χ2n) is 6.59. The van der Waals surface area contributed by atoms with Gasteiger partial charge in [0.25, 0.3) is 0 Å². The van der Waals surface area contributed by atoms with E-state index in [4.69, 9.17) is 5.11 Å². The van der Waals surface area contributed by atoms with Crippen LogP contribution in [0.15, 0.2) is 12.2 Å². The van der Waals surface area contributed by atoms with E-state index in [1.54, 1.807) is 0 Å². The molecule has 0 heterocycles. The molecule has 0 rings (SSSR count). The van der Waals surface area contributed by atoms with Crippen LogP contribution in [0.2, 0.25) is 0 Å². The number of carboxylic acids is 1. The predicted molar refractivity (Wildman–Crippen MR) is 96.7 cm³/mol. The van der Waals surface area contributed by atoms with Crippen molar-refractivity contribution in [3.63, 3.8) is 0 Å². The SMILES string of the molecule is C=C(CCC(=O)CCCCCCCCCCCCCC)C(=O)O. The average Bonchev–Trinajstić information content (AvgIpc) is 2.53. The zero-order valence-corrected chi connectivity index (χ0v) is 15.1. The van der Waals surface area contributed by atoms with E-state index in [9.17, 15) is 9.59 Å². The van der Waals surface area contributed by atoms with E-state index in [-0.39, 0.29) is 17.8 Å². The highest BCUT2D eigenvalue weighted by Crippen LogP contribution is 2.13. The van der Waals surface area contributed by atoms with Gasteiger partial charge in [-0.25, -0.2) is 4.79 Å². The average molecular weight is 325 g/mol. The van der Waals surface area contributed by atoms with Gasteiger partial charge in [0, 0.05) is 18.4 Å². The van der Waals surface area contributed by atoms with Gasteiger partial charge < -0.3 is 5.11 Å². The molecular formula is C20H36O3. The summed E-state index contributed by atoms with van der Waals surface area (Å²) in [6.07, 6.45) is 16.6. The lowest BCUT2D eigenvalue weighted by Crippen LogP contribution is -2.03. The number of carboxylic acid groups (broad SMARTS) is 1. The Morgan fingerprint density at radius 2 is 1.13 bits per heavy atom. The second-order valence-corrected chi connectivity index (χ2v) is 6.59. The number of hydrogen-bond donors (Lipinski definition) is 1. The van der Waals surface area contributed by atoms with E-state index in [0.717, 1.165) is 12.8 Å². The van der Waals surface area contributed by atoms with E-state index in [2.05, 4.69) is 13.5 Å². The van der Waals surface area contributed by atoms with E-state index in [0.29, 0.717) is 12.8 Å². The molecule has 0 saturated carbocycles. The molecule has 0 aromatic heterocycles. The van der Waals surface area contributed by atoms with Gasteiger partial charge in [-0.1, -0.05) is 84.1 Å². The number of unbranched alkanes of at least 4 members (excludes halogenated alkanes) is 11. The predicted octanol–water partition coefficient (Wildman–Crippen LogP) is 6.07. The lowest BCUT2D eigenvalue weighted by atomic mass is 10.0. The molecule has 0 aromatic rings. The fraction of sp³-hybridized carbons (Fsp3) is 0.800. The Morgan fingerprint density at radius 3 is 1.57 bits per heavy atom. The highest BCUT2D eigenvalue weighted by molar-refractivity contribution is 5.87. The van der Waals surface area contributed by atoms with Crippen molar-refractivity contribution in [3.05, 3.63) is 12.2 Å². The molecule has 3 heteroatoms. The van der Waals surface area contributed by atoms with Gasteiger partial charge in [0.15, 0.2) is 0 Å². The summed E-state index contributed by atoms with van der Waals surface area (Å²) >= 11 is 0. The highest BCUT2D eigenvalue weighted by Gasteiger charge is 2.07. The molecule has 0 spiro atoms. The summed E-state index contributed by atoms with van der Waals surface area (Å²) in [5.41, 5.74) is 0.132. The Balaban J connectivity index is 3.25. The van der Waals surface area contributed by atoms with Crippen LogP contribution in [0.25, 0.3) is 0 Å². The van der Waals surface area contributed by atoms with Gasteiger partial charge in [-0.3, -0.25) is 4.79 Å². The van der Waals surface area contributed by atoms with Crippen molar-refractivity contribution in [1.29, 1.82) is 0 Å². The zero-order valence-electron chi connectivity index (χ0n) is 15.1. The Morgan fingerprint density at radius 1 is 0.696 bits per heavy atom. The Labute approximate surface area is 142 Å². The number of hydrogen-bond acceptors (Lipinski definition) is 2. The van der Waals surface area contributed by atoms with Gasteiger partial charge >= 0.3 is 5.97 Å². The molecule has 0 atom stereocenters. The standard InChI is InChI=1S/C20H36O3/c1-3-4-5-6-7-8-9-10-11-12-13-14-15-19(21)17-16-18(2)20(22)23/h2-17H2,1H3,(H,22,23). The maximum atomic E-state index is 11.6. The van der Waals surface area contributed by atoms with Crippen LogP contribution in [-0.4, -0.2) is 16.9 Å². The summed E-state index contributed by atoms with van der Waals surface area (Å²) in [7, 11) is 0. The van der Waals surface area contributed by atoms with E-state index >= 15 is 0 Å². The summed E-state index contributed by atoms with van der Waals surface area (Å²) in [5, 5.41) is 8.67. The first-order valence-electron chi connectivity index (χ1n) is 9.50. The summed E-state index contributed by atoms with van der Waals surface area (Å²) in [6, 6.07) is 0. The summed E-state index contributed by atoms with van der Waals surface area (Å²) < 4.78 is 0. The summed E-state index contributed by atoms with van der Waals surface area (Å²) in [6.45, 7) is 5.69. The Hall–Kier alpha value is -1.12. The molecule has 0 amide bonds. The minimum absolute atomic E-state index is 0.132. The molecule has 0 radical (unpaired) electrons. The topological polar surface area (TPSA) is 54.4 Å². The molecular weight excluding hydrogens is 288 g/mol. The summed E-state index contributed by atoms with van der Waals surface area (Å²) in [4.78, 5) is 22.2. The Kier molecular flexibility index (Phi) is 15.0. The number of aliphatic carboxylic acids is 1. The van der Waals surface area contributed by atoms with Crippen molar-refractivity contribution in [1.82, 2.24) is 0 Å². The molecule has 0 aliphatic rings. The minimum Gasteiger partial charge on any atom is -0.478 e. The van der Waals surface area contributed by atoms with Gasteiger partial charge in [0.2, 0.25) is 0 Å². The lowest BCUT2D eigenvalue weighted by molar-refractivity contribution is -0.132. The molecule has 0 aromatic carbocycles. The van der Waals surface area contributed by atoms with Crippen LogP contribution in [0.1, 0.15) is 103 Å². The van der Waals surface area contributed by atoms with Crippen molar-refractivity contribution in [2.24, 2.45) is 0 Å². The lowest BCUT2D eigenvalue weighted by Gasteiger charge is -2.03. The van der Waals surface area contributed by atoms with Crippen LogP contribution in [0.3, 0.4) is 0 Å². The molecule has 134 valence electrons.